The molecule has 7 heteroatoms. The van der Waals surface area contributed by atoms with Crippen LogP contribution < -0.4 is 5.43 Å². The summed E-state index contributed by atoms with van der Waals surface area (Å²) in [6, 6.07) is 3.78. The maximum Gasteiger partial charge on any atom is 0.227 e. The number of nitrogens with zero attached hydrogens (tertiary/aromatic N) is 2. The normalized spacial score (nSPS) is 13.0. The molecule has 2 rings (SSSR count). The van der Waals surface area contributed by atoms with Gasteiger partial charge in [-0.1, -0.05) is 11.6 Å². The third kappa shape index (κ3) is 2.65. The number of aryl methyl sites for hydroxylation is 1. The Morgan fingerprint density at radius 1 is 1.58 bits per heavy atom. The molecular weight excluding hydrogens is 286 g/mol. The van der Waals surface area contributed by atoms with Crippen LogP contribution in [0.2, 0.25) is 4.34 Å². The summed E-state index contributed by atoms with van der Waals surface area (Å²) in [5.74, 6) is 0.335. The number of hydrazone groups is 1. The van der Waals surface area contributed by atoms with Gasteiger partial charge < -0.3 is 5.11 Å². The maximum absolute atomic E-state index is 10.4. The van der Waals surface area contributed by atoms with Gasteiger partial charge in [0.2, 0.25) is 6.41 Å². The summed E-state index contributed by atoms with van der Waals surface area (Å²) in [5, 5.41) is 14.2. The van der Waals surface area contributed by atoms with Gasteiger partial charge in [0, 0.05) is 5.69 Å². The molecule has 0 spiro atoms. The molecule has 5 nitrogen and oxygen atoms in total. The van der Waals surface area contributed by atoms with Crippen LogP contribution >= 0.6 is 22.9 Å². The van der Waals surface area contributed by atoms with Crippen LogP contribution in [0.1, 0.15) is 19.5 Å². The molecule has 19 heavy (non-hydrogen) atoms. The molecule has 0 saturated heterocycles. The number of aromatic nitrogens is 1. The van der Waals surface area contributed by atoms with Gasteiger partial charge in [-0.2, -0.15) is 5.10 Å². The molecule has 0 unspecified atom stereocenters. The highest BCUT2D eigenvalue weighted by Crippen LogP contribution is 2.32. The lowest BCUT2D eigenvalue weighted by molar-refractivity contribution is -0.109. The topological polar surface area (TPSA) is 66.6 Å². The third-order valence-corrected chi connectivity index (χ3v) is 3.83. The van der Waals surface area contributed by atoms with E-state index in [0.29, 0.717) is 16.6 Å². The molecule has 0 bridgehead atoms. The zero-order chi connectivity index (χ0) is 14.2. The lowest BCUT2D eigenvalue weighted by atomic mass is 10.1. The molecule has 0 aromatic carbocycles. The van der Waals surface area contributed by atoms with Crippen LogP contribution in [0.25, 0.3) is 10.2 Å². The quantitative estimate of drug-likeness (QED) is 0.395. The number of rotatable bonds is 3. The number of carbonyl (C=O) groups excluding carboxylic acids is 1. The number of nitrogens with one attached hydrogen (secondary N) is 1. The summed E-state index contributed by atoms with van der Waals surface area (Å²) < 4.78 is 3.46. The number of aliphatic hydroxyl groups is 1. The molecule has 0 fully saturated rings. The number of hydrogen-bond acceptors (Lipinski definition) is 4. The van der Waals surface area contributed by atoms with Gasteiger partial charge in [0.15, 0.2) is 5.84 Å². The molecule has 0 saturated carbocycles. The zero-order valence-corrected chi connectivity index (χ0v) is 12.3. The van der Waals surface area contributed by atoms with E-state index in [2.05, 4.69) is 10.5 Å². The Kier molecular flexibility index (Phi) is 3.66. The van der Waals surface area contributed by atoms with Crippen molar-refractivity contribution in [2.75, 3.05) is 0 Å². The highest BCUT2D eigenvalue weighted by molar-refractivity contribution is 7.22. The van der Waals surface area contributed by atoms with Crippen molar-refractivity contribution >= 4 is 45.4 Å². The van der Waals surface area contributed by atoms with E-state index in [-0.39, 0.29) is 0 Å². The Balaban J connectivity index is 2.68. The van der Waals surface area contributed by atoms with Crippen LogP contribution in [-0.2, 0) is 4.79 Å². The molecular formula is C12H14ClN3O2S. The molecule has 2 aromatic rings. The molecule has 1 amide bonds. The smallest absolute Gasteiger partial charge is 0.227 e. The Bertz CT molecular complexity index is 652. The Labute approximate surface area is 119 Å². The average molecular weight is 300 g/mol. The van der Waals surface area contributed by atoms with Crippen molar-refractivity contribution in [3.8, 4) is 0 Å². The highest BCUT2D eigenvalue weighted by atomic mass is 35.5. The first kappa shape index (κ1) is 14.0. The SMILES string of the molecule is Cc1cc2sc(Cl)cc2n1/C(=N\NC=O)C(C)(C)O. The number of thiophene rings is 1. The van der Waals surface area contributed by atoms with Crippen molar-refractivity contribution in [1.29, 1.82) is 0 Å². The number of halogens is 1. The van der Waals surface area contributed by atoms with E-state index in [1.54, 1.807) is 18.4 Å². The monoisotopic (exact) mass is 299 g/mol. The van der Waals surface area contributed by atoms with E-state index in [1.165, 1.54) is 11.3 Å². The van der Waals surface area contributed by atoms with Crippen LogP contribution in [-0.4, -0.2) is 27.5 Å². The number of amides is 1. The third-order valence-electron chi connectivity index (χ3n) is 2.63. The van der Waals surface area contributed by atoms with E-state index in [0.717, 1.165) is 15.9 Å². The van der Waals surface area contributed by atoms with Gasteiger partial charge in [0.1, 0.15) is 5.60 Å². The van der Waals surface area contributed by atoms with Gasteiger partial charge in [-0.25, -0.2) is 5.43 Å². The van der Waals surface area contributed by atoms with Crippen molar-refractivity contribution in [3.63, 3.8) is 0 Å². The summed E-state index contributed by atoms with van der Waals surface area (Å²) in [6.07, 6.45) is 0.461. The fraction of sp³-hybridized carbons (Fsp3) is 0.333. The van der Waals surface area contributed by atoms with Crippen molar-refractivity contribution in [2.24, 2.45) is 5.10 Å². The molecule has 2 aromatic heterocycles. The van der Waals surface area contributed by atoms with Crippen LogP contribution in [0.3, 0.4) is 0 Å². The van der Waals surface area contributed by atoms with Gasteiger partial charge in [0.25, 0.3) is 0 Å². The predicted molar refractivity (Wildman–Crippen MR) is 77.9 cm³/mol. The van der Waals surface area contributed by atoms with Crippen LogP contribution in [0.5, 0.6) is 0 Å². The second kappa shape index (κ2) is 4.96. The van der Waals surface area contributed by atoms with Crippen LogP contribution in [0, 0.1) is 6.92 Å². The summed E-state index contributed by atoms with van der Waals surface area (Å²) in [6.45, 7) is 5.12. The van der Waals surface area contributed by atoms with E-state index < -0.39 is 5.60 Å². The van der Waals surface area contributed by atoms with Crippen molar-refractivity contribution in [1.82, 2.24) is 9.99 Å². The zero-order valence-electron chi connectivity index (χ0n) is 10.8. The van der Waals surface area contributed by atoms with Gasteiger partial charge in [0.05, 0.1) is 14.6 Å². The first-order chi connectivity index (χ1) is 8.84. The van der Waals surface area contributed by atoms with Gasteiger partial charge in [-0.3, -0.25) is 9.36 Å². The van der Waals surface area contributed by atoms with E-state index in [1.807, 2.05) is 19.1 Å². The summed E-state index contributed by atoms with van der Waals surface area (Å²) in [7, 11) is 0. The number of hydrogen-bond donors (Lipinski definition) is 2. The van der Waals surface area contributed by atoms with Crippen molar-refractivity contribution < 1.29 is 9.90 Å². The molecule has 0 atom stereocenters. The molecule has 0 aliphatic rings. The minimum Gasteiger partial charge on any atom is -0.382 e. The van der Waals surface area contributed by atoms with Crippen molar-refractivity contribution in [2.45, 2.75) is 26.4 Å². The second-order valence-corrected chi connectivity index (χ2v) is 6.38. The maximum atomic E-state index is 10.4. The standard InChI is InChI=1S/C12H14ClN3O2S/c1-7-4-9-8(5-10(13)19-9)16(7)11(12(2,3)18)15-14-6-17/h4-6,18H,1-3H3,(H,14,17)/b15-11-. The van der Waals surface area contributed by atoms with E-state index in [9.17, 15) is 9.90 Å². The van der Waals surface area contributed by atoms with Gasteiger partial charge >= 0.3 is 0 Å². The van der Waals surface area contributed by atoms with Crippen LogP contribution in [0.15, 0.2) is 17.2 Å². The van der Waals surface area contributed by atoms with Crippen molar-refractivity contribution in [3.05, 3.63) is 22.2 Å². The minimum atomic E-state index is -1.21. The lowest BCUT2D eigenvalue weighted by Gasteiger charge is -2.22. The fourth-order valence-electron chi connectivity index (χ4n) is 1.92. The largest absolute Gasteiger partial charge is 0.382 e. The number of fused-ring (bicyclic) bond motifs is 1. The van der Waals surface area contributed by atoms with Gasteiger partial charge in [-0.15, -0.1) is 11.3 Å². The van der Waals surface area contributed by atoms with Gasteiger partial charge in [-0.05, 0) is 32.9 Å². The molecule has 0 aliphatic carbocycles. The fourth-order valence-corrected chi connectivity index (χ4v) is 3.13. The minimum absolute atomic E-state index is 0.335. The first-order valence-electron chi connectivity index (χ1n) is 5.62. The summed E-state index contributed by atoms with van der Waals surface area (Å²) >= 11 is 7.46. The number of carbonyl (C=O) groups is 1. The second-order valence-electron chi connectivity index (χ2n) is 4.66. The van der Waals surface area contributed by atoms with Crippen LogP contribution in [0.4, 0.5) is 0 Å². The highest BCUT2D eigenvalue weighted by Gasteiger charge is 2.26. The summed E-state index contributed by atoms with van der Waals surface area (Å²) in [5.41, 5.74) is 2.80. The Morgan fingerprint density at radius 2 is 2.26 bits per heavy atom. The summed E-state index contributed by atoms with van der Waals surface area (Å²) in [4.78, 5) is 10.4. The van der Waals surface area contributed by atoms with E-state index >= 15 is 0 Å². The lowest BCUT2D eigenvalue weighted by Crippen LogP contribution is -2.38. The molecule has 0 radical (unpaired) electrons. The average Bonchev–Trinajstić information content (AvgIpc) is 2.74. The molecule has 2 N–H and O–H groups in total. The molecule has 102 valence electrons. The Hall–Kier alpha value is -1.37. The first-order valence-corrected chi connectivity index (χ1v) is 6.81. The Morgan fingerprint density at radius 3 is 2.84 bits per heavy atom. The predicted octanol–water partition coefficient (Wildman–Crippen LogP) is 2.34. The van der Waals surface area contributed by atoms with E-state index in [4.69, 9.17) is 11.6 Å². The molecule has 2 heterocycles. The molecule has 0 aliphatic heterocycles.